The number of imidazole rings is 1. The number of aromatic nitrogens is 2. The third kappa shape index (κ3) is 4.51. The van der Waals surface area contributed by atoms with Crippen molar-refractivity contribution in [1.29, 1.82) is 0 Å². The fourth-order valence-corrected chi connectivity index (χ4v) is 4.55. The highest BCUT2D eigenvalue weighted by atomic mass is 16.2. The van der Waals surface area contributed by atoms with Gasteiger partial charge in [0.05, 0.1) is 23.3 Å². The van der Waals surface area contributed by atoms with Crippen molar-refractivity contribution in [3.05, 3.63) is 102 Å². The Morgan fingerprint density at radius 1 is 0.909 bits per heavy atom. The minimum Gasteiger partial charge on any atom is -0.352 e. The first-order valence-corrected chi connectivity index (χ1v) is 11.3. The normalized spacial score (nSPS) is 14.5. The number of nitrogens with zero attached hydrogens (tertiary/aromatic N) is 2. The van der Waals surface area contributed by atoms with Gasteiger partial charge in [-0.3, -0.25) is 9.59 Å². The molecule has 2 N–H and O–H groups in total. The summed E-state index contributed by atoms with van der Waals surface area (Å²) in [6.07, 6.45) is 3.10. The first-order chi connectivity index (χ1) is 16.2. The maximum absolute atomic E-state index is 13.3. The number of carbonyl (C=O) groups excluding carboxylic acids is 2. The Labute approximate surface area is 192 Å². The van der Waals surface area contributed by atoms with Gasteiger partial charge in [0, 0.05) is 24.7 Å². The molecule has 166 valence electrons. The zero-order valence-corrected chi connectivity index (χ0v) is 18.3. The van der Waals surface area contributed by atoms with Crippen molar-refractivity contribution < 1.29 is 9.59 Å². The van der Waals surface area contributed by atoms with Crippen LogP contribution in [0.1, 0.15) is 40.2 Å². The van der Waals surface area contributed by atoms with Crippen LogP contribution in [0.4, 0.5) is 0 Å². The summed E-state index contributed by atoms with van der Waals surface area (Å²) in [6, 6.07) is 25.3. The van der Waals surface area contributed by atoms with Gasteiger partial charge in [-0.05, 0) is 42.2 Å². The van der Waals surface area contributed by atoms with Crippen LogP contribution in [0, 0.1) is 0 Å². The van der Waals surface area contributed by atoms with Gasteiger partial charge in [-0.25, -0.2) is 4.98 Å². The van der Waals surface area contributed by atoms with E-state index in [9.17, 15) is 9.59 Å². The quantitative estimate of drug-likeness (QED) is 0.492. The molecule has 0 radical (unpaired) electrons. The van der Waals surface area contributed by atoms with E-state index in [-0.39, 0.29) is 23.8 Å². The smallest absolute Gasteiger partial charge is 0.253 e. The van der Waals surface area contributed by atoms with Crippen LogP contribution in [0.2, 0.25) is 0 Å². The number of nitrogens with one attached hydrogen (secondary N) is 2. The minimum atomic E-state index is -0.354. The van der Waals surface area contributed by atoms with E-state index in [1.54, 1.807) is 6.33 Å². The van der Waals surface area contributed by atoms with Crippen LogP contribution in [-0.4, -0.2) is 45.8 Å². The monoisotopic (exact) mass is 438 g/mol. The second kappa shape index (κ2) is 9.28. The maximum atomic E-state index is 13.3. The van der Waals surface area contributed by atoms with Crippen LogP contribution in [0.5, 0.6) is 0 Å². The molecule has 0 atom stereocenters. The first kappa shape index (κ1) is 20.9. The molecule has 33 heavy (non-hydrogen) atoms. The Morgan fingerprint density at radius 3 is 2.18 bits per heavy atom. The Hall–Kier alpha value is -3.93. The van der Waals surface area contributed by atoms with E-state index in [4.69, 9.17) is 0 Å². The van der Waals surface area contributed by atoms with Crippen molar-refractivity contribution in [2.75, 3.05) is 13.1 Å². The van der Waals surface area contributed by atoms with Crippen LogP contribution in [0.3, 0.4) is 0 Å². The van der Waals surface area contributed by atoms with Crippen LogP contribution >= 0.6 is 0 Å². The summed E-state index contributed by atoms with van der Waals surface area (Å²) in [5, 5.41) is 3.25. The highest BCUT2D eigenvalue weighted by molar-refractivity contribution is 5.97. The van der Waals surface area contributed by atoms with Gasteiger partial charge in [0.1, 0.15) is 0 Å². The van der Waals surface area contributed by atoms with Crippen LogP contribution in [0.15, 0.2) is 85.2 Å². The summed E-state index contributed by atoms with van der Waals surface area (Å²) in [5.41, 5.74) is 4.31. The molecule has 0 bridgehead atoms. The van der Waals surface area contributed by atoms with Crippen molar-refractivity contribution in [2.24, 2.45) is 0 Å². The zero-order chi connectivity index (χ0) is 22.6. The van der Waals surface area contributed by atoms with E-state index in [1.807, 2.05) is 83.8 Å². The highest BCUT2D eigenvalue weighted by Gasteiger charge is 2.28. The van der Waals surface area contributed by atoms with E-state index in [0.29, 0.717) is 18.7 Å². The molecular weight excluding hydrogens is 412 g/mol. The predicted octanol–water partition coefficient (Wildman–Crippen LogP) is 4.12. The number of piperidine rings is 1. The summed E-state index contributed by atoms with van der Waals surface area (Å²) >= 11 is 0. The molecule has 0 aliphatic carbocycles. The van der Waals surface area contributed by atoms with Crippen molar-refractivity contribution in [2.45, 2.75) is 24.8 Å². The molecule has 1 aliphatic rings. The van der Waals surface area contributed by atoms with Crippen molar-refractivity contribution in [3.8, 4) is 0 Å². The molecule has 3 aromatic carbocycles. The number of rotatable bonds is 5. The number of benzene rings is 3. The van der Waals surface area contributed by atoms with Gasteiger partial charge in [-0.1, -0.05) is 60.7 Å². The number of hydrogen-bond acceptors (Lipinski definition) is 3. The predicted molar refractivity (Wildman–Crippen MR) is 128 cm³/mol. The zero-order valence-electron chi connectivity index (χ0n) is 18.3. The first-order valence-electron chi connectivity index (χ1n) is 11.3. The van der Waals surface area contributed by atoms with Crippen molar-refractivity contribution in [1.82, 2.24) is 20.2 Å². The Bertz CT molecular complexity index is 1210. The molecule has 0 saturated carbocycles. The van der Waals surface area contributed by atoms with Crippen molar-refractivity contribution in [3.63, 3.8) is 0 Å². The second-order valence-electron chi connectivity index (χ2n) is 8.46. The molecule has 5 rings (SSSR count). The fraction of sp³-hybridized carbons (Fsp3) is 0.222. The van der Waals surface area contributed by atoms with Gasteiger partial charge < -0.3 is 15.2 Å². The molecule has 4 aromatic rings. The van der Waals surface area contributed by atoms with Gasteiger partial charge in [0.2, 0.25) is 5.91 Å². The molecule has 1 aromatic heterocycles. The summed E-state index contributed by atoms with van der Waals surface area (Å²) < 4.78 is 0. The molecular formula is C27H26N4O2. The van der Waals surface area contributed by atoms with Gasteiger partial charge in [0.25, 0.3) is 5.91 Å². The number of aromatic amines is 1. The van der Waals surface area contributed by atoms with Crippen LogP contribution in [-0.2, 0) is 4.79 Å². The maximum Gasteiger partial charge on any atom is 0.253 e. The van der Waals surface area contributed by atoms with Gasteiger partial charge in [0.15, 0.2) is 0 Å². The van der Waals surface area contributed by atoms with E-state index in [2.05, 4.69) is 15.3 Å². The average molecular weight is 439 g/mol. The van der Waals surface area contributed by atoms with Gasteiger partial charge >= 0.3 is 0 Å². The van der Waals surface area contributed by atoms with E-state index in [1.165, 1.54) is 0 Å². The molecule has 1 fully saturated rings. The molecule has 6 heteroatoms. The van der Waals surface area contributed by atoms with Crippen LogP contribution in [0.25, 0.3) is 11.0 Å². The minimum absolute atomic E-state index is 0.00173. The third-order valence-electron chi connectivity index (χ3n) is 6.32. The van der Waals surface area contributed by atoms with E-state index in [0.717, 1.165) is 35.0 Å². The summed E-state index contributed by atoms with van der Waals surface area (Å²) in [6.45, 7) is 1.23. The number of likely N-dealkylation sites (tertiary alicyclic amines) is 1. The number of carbonyl (C=O) groups is 2. The van der Waals surface area contributed by atoms with E-state index < -0.39 is 0 Å². The lowest BCUT2D eigenvalue weighted by Gasteiger charge is -2.33. The summed E-state index contributed by atoms with van der Waals surface area (Å²) in [5.74, 6) is -0.335. The highest BCUT2D eigenvalue weighted by Crippen LogP contribution is 2.26. The van der Waals surface area contributed by atoms with Gasteiger partial charge in [-0.15, -0.1) is 0 Å². The molecule has 2 heterocycles. The topological polar surface area (TPSA) is 78.1 Å². The number of fused-ring (bicyclic) bond motifs is 1. The fourth-order valence-electron chi connectivity index (χ4n) is 4.55. The Kier molecular flexibility index (Phi) is 5.89. The standard InChI is InChI=1S/C27H26N4O2/c32-26(25(19-7-3-1-4-8-19)20-9-5-2-6-10-20)30-22-13-15-31(16-14-22)27(33)21-11-12-23-24(17-21)29-18-28-23/h1-12,17-18,22,25H,13-16H2,(H,28,29)(H,30,32). The van der Waals surface area contributed by atoms with Crippen molar-refractivity contribution >= 4 is 22.8 Å². The summed E-state index contributed by atoms with van der Waals surface area (Å²) in [4.78, 5) is 35.5. The molecule has 2 amide bonds. The molecule has 0 spiro atoms. The Balaban J connectivity index is 1.24. The van der Waals surface area contributed by atoms with Gasteiger partial charge in [-0.2, -0.15) is 0 Å². The van der Waals surface area contributed by atoms with E-state index >= 15 is 0 Å². The lowest BCUT2D eigenvalue weighted by atomic mass is 9.90. The molecule has 6 nitrogen and oxygen atoms in total. The largest absolute Gasteiger partial charge is 0.352 e. The third-order valence-corrected chi connectivity index (χ3v) is 6.32. The second-order valence-corrected chi connectivity index (χ2v) is 8.46. The van der Waals surface area contributed by atoms with Crippen LogP contribution < -0.4 is 5.32 Å². The molecule has 1 saturated heterocycles. The number of H-pyrrole nitrogens is 1. The number of amides is 2. The lowest BCUT2D eigenvalue weighted by Crippen LogP contribution is -2.47. The lowest BCUT2D eigenvalue weighted by molar-refractivity contribution is -0.122. The summed E-state index contributed by atoms with van der Waals surface area (Å²) in [7, 11) is 0. The molecule has 0 unspecified atom stereocenters. The average Bonchev–Trinajstić information content (AvgIpc) is 3.34. The Morgan fingerprint density at radius 2 is 1.55 bits per heavy atom. The number of hydrogen-bond donors (Lipinski definition) is 2. The SMILES string of the molecule is O=C(NC1CCN(C(=O)c2ccc3nc[nH]c3c2)CC1)C(c1ccccc1)c1ccccc1. The molecule has 1 aliphatic heterocycles.